The van der Waals surface area contributed by atoms with Crippen LogP contribution in [0, 0.1) is 6.92 Å². The monoisotopic (exact) mass is 360 g/mol. The van der Waals surface area contributed by atoms with Crippen LogP contribution in [0.25, 0.3) is 0 Å². The Morgan fingerprint density at radius 1 is 1.18 bits per heavy atom. The number of hydrogen-bond acceptors (Lipinski definition) is 2. The second-order valence-electron chi connectivity index (χ2n) is 4.70. The summed E-state index contributed by atoms with van der Waals surface area (Å²) < 4.78 is 0.905. The molecule has 0 saturated heterocycles. The van der Waals surface area contributed by atoms with Gasteiger partial charge in [-0.2, -0.15) is 0 Å². The molecule has 0 aliphatic carbocycles. The van der Waals surface area contributed by atoms with Crippen LogP contribution >= 0.6 is 15.9 Å². The first kappa shape index (κ1) is 16.0. The second-order valence-corrected chi connectivity index (χ2v) is 5.62. The van der Waals surface area contributed by atoms with Gasteiger partial charge in [0, 0.05) is 15.8 Å². The molecule has 0 aliphatic rings. The first-order valence-corrected chi connectivity index (χ1v) is 7.52. The van der Waals surface area contributed by atoms with Gasteiger partial charge in [0.2, 0.25) is 5.91 Å². The summed E-state index contributed by atoms with van der Waals surface area (Å²) in [6.45, 7) is 1.88. The molecule has 2 aromatic rings. The molecule has 6 heteroatoms. The molecule has 1 amide bonds. The number of aliphatic imine (C=N–C) groups is 1. The number of aryl methyl sites for hydroxylation is 1. The molecule has 0 spiro atoms. The second kappa shape index (κ2) is 7.61. The molecule has 0 heterocycles. The number of rotatable bonds is 4. The lowest BCUT2D eigenvalue weighted by atomic mass is 10.2. The van der Waals surface area contributed by atoms with Crippen molar-refractivity contribution in [2.24, 2.45) is 10.7 Å². The molecular formula is C16H17BrN4O. The fourth-order valence-corrected chi connectivity index (χ4v) is 2.15. The Balaban J connectivity index is 1.91. The summed E-state index contributed by atoms with van der Waals surface area (Å²) in [6, 6.07) is 15.1. The third-order valence-electron chi connectivity index (χ3n) is 2.91. The lowest BCUT2D eigenvalue weighted by molar-refractivity contribution is -0.114. The maximum absolute atomic E-state index is 11.9. The van der Waals surface area contributed by atoms with Gasteiger partial charge in [0.15, 0.2) is 5.96 Å². The summed E-state index contributed by atoms with van der Waals surface area (Å²) in [5.74, 6) is -0.0219. The zero-order valence-corrected chi connectivity index (χ0v) is 13.7. The summed E-state index contributed by atoms with van der Waals surface area (Å²) in [5, 5.41) is 5.73. The van der Waals surface area contributed by atoms with Gasteiger partial charge in [-0.05, 0) is 36.8 Å². The molecule has 0 saturated carbocycles. The highest BCUT2D eigenvalue weighted by molar-refractivity contribution is 9.10. The van der Waals surface area contributed by atoms with E-state index in [1.54, 1.807) is 0 Å². The predicted octanol–water partition coefficient (Wildman–Crippen LogP) is 3.12. The Kier molecular flexibility index (Phi) is 5.55. The van der Waals surface area contributed by atoms with Crippen LogP contribution in [0.4, 0.5) is 11.4 Å². The molecule has 0 fully saturated rings. The highest BCUT2D eigenvalue weighted by atomic mass is 79.9. The normalized spacial score (nSPS) is 11.1. The Bertz CT molecular complexity index is 686. The van der Waals surface area contributed by atoms with Crippen LogP contribution in [0.5, 0.6) is 0 Å². The number of nitrogens with zero attached hydrogens (tertiary/aromatic N) is 1. The summed E-state index contributed by atoms with van der Waals surface area (Å²) >= 11 is 3.38. The maximum Gasteiger partial charge on any atom is 0.246 e. The van der Waals surface area contributed by atoms with Gasteiger partial charge in [-0.1, -0.05) is 40.2 Å². The van der Waals surface area contributed by atoms with Crippen LogP contribution in [-0.4, -0.2) is 18.4 Å². The van der Waals surface area contributed by atoms with Gasteiger partial charge in [0.1, 0.15) is 6.54 Å². The average Bonchev–Trinajstić information content (AvgIpc) is 2.50. The Morgan fingerprint density at radius 3 is 2.64 bits per heavy atom. The van der Waals surface area contributed by atoms with Crippen molar-refractivity contribution < 1.29 is 4.79 Å². The largest absolute Gasteiger partial charge is 0.370 e. The number of nitrogens with two attached hydrogens (primary N) is 1. The van der Waals surface area contributed by atoms with E-state index >= 15 is 0 Å². The first-order chi connectivity index (χ1) is 10.5. The van der Waals surface area contributed by atoms with Crippen molar-refractivity contribution in [3.8, 4) is 0 Å². The smallest absolute Gasteiger partial charge is 0.246 e. The minimum absolute atomic E-state index is 0.0440. The first-order valence-electron chi connectivity index (χ1n) is 6.72. The van der Waals surface area contributed by atoms with E-state index in [-0.39, 0.29) is 18.4 Å². The molecule has 5 nitrogen and oxygen atoms in total. The zero-order chi connectivity index (χ0) is 15.9. The van der Waals surface area contributed by atoms with E-state index in [4.69, 9.17) is 5.73 Å². The number of carbonyl (C=O) groups is 1. The SMILES string of the molecule is Cc1ccc(Br)cc1NC(=O)CN=C(N)Nc1ccccc1. The van der Waals surface area contributed by atoms with E-state index in [2.05, 4.69) is 31.6 Å². The zero-order valence-electron chi connectivity index (χ0n) is 12.1. The molecule has 0 aliphatic heterocycles. The fourth-order valence-electron chi connectivity index (χ4n) is 1.78. The van der Waals surface area contributed by atoms with Crippen molar-refractivity contribution in [2.45, 2.75) is 6.92 Å². The molecule has 0 atom stereocenters. The number of anilines is 2. The van der Waals surface area contributed by atoms with Crippen LogP contribution in [0.2, 0.25) is 0 Å². The fraction of sp³-hybridized carbons (Fsp3) is 0.125. The van der Waals surface area contributed by atoms with E-state index in [9.17, 15) is 4.79 Å². The molecule has 4 N–H and O–H groups in total. The number of halogens is 1. The van der Waals surface area contributed by atoms with Crippen molar-refractivity contribution in [3.63, 3.8) is 0 Å². The number of nitrogens with one attached hydrogen (secondary N) is 2. The Morgan fingerprint density at radius 2 is 1.91 bits per heavy atom. The standard InChI is InChI=1S/C16H17BrN4O/c1-11-7-8-12(17)9-14(11)21-15(22)10-19-16(18)20-13-5-3-2-4-6-13/h2-9H,10H2,1H3,(H,21,22)(H3,18,19,20). The molecule has 0 bridgehead atoms. The number of guanidine groups is 1. The van der Waals surface area contributed by atoms with Crippen LogP contribution in [0.15, 0.2) is 58.0 Å². The molecule has 22 heavy (non-hydrogen) atoms. The third kappa shape index (κ3) is 4.89. The molecule has 0 radical (unpaired) electrons. The summed E-state index contributed by atoms with van der Waals surface area (Å²) in [6.07, 6.45) is 0. The van der Waals surface area contributed by atoms with Crippen LogP contribution in [0.3, 0.4) is 0 Å². The van der Waals surface area contributed by atoms with Crippen molar-refractivity contribution in [2.75, 3.05) is 17.2 Å². The Hall–Kier alpha value is -2.34. The van der Waals surface area contributed by atoms with Gasteiger partial charge < -0.3 is 16.4 Å². The Labute approximate surface area is 137 Å². The third-order valence-corrected chi connectivity index (χ3v) is 3.41. The van der Waals surface area contributed by atoms with E-state index in [0.717, 1.165) is 21.4 Å². The number of benzene rings is 2. The van der Waals surface area contributed by atoms with Gasteiger partial charge >= 0.3 is 0 Å². The number of para-hydroxylation sites is 1. The van der Waals surface area contributed by atoms with Gasteiger partial charge in [0.05, 0.1) is 0 Å². The van der Waals surface area contributed by atoms with Crippen molar-refractivity contribution in [3.05, 3.63) is 58.6 Å². The average molecular weight is 361 g/mol. The highest BCUT2D eigenvalue weighted by Gasteiger charge is 2.05. The maximum atomic E-state index is 11.9. The number of hydrogen-bond donors (Lipinski definition) is 3. The van der Waals surface area contributed by atoms with E-state index in [0.29, 0.717) is 0 Å². The van der Waals surface area contributed by atoms with Gasteiger partial charge in [-0.15, -0.1) is 0 Å². The quantitative estimate of drug-likeness (QED) is 0.578. The van der Waals surface area contributed by atoms with E-state index in [1.165, 1.54) is 0 Å². The summed E-state index contributed by atoms with van der Waals surface area (Å²) in [5.41, 5.74) is 8.31. The van der Waals surface area contributed by atoms with E-state index < -0.39 is 0 Å². The molecule has 0 unspecified atom stereocenters. The van der Waals surface area contributed by atoms with E-state index in [1.807, 2.05) is 55.5 Å². The number of carbonyl (C=O) groups excluding carboxylic acids is 1. The molecule has 114 valence electrons. The highest BCUT2D eigenvalue weighted by Crippen LogP contribution is 2.20. The van der Waals surface area contributed by atoms with Crippen molar-refractivity contribution in [1.82, 2.24) is 0 Å². The minimum atomic E-state index is -0.223. The molecule has 2 aromatic carbocycles. The van der Waals surface area contributed by atoms with Crippen molar-refractivity contribution >= 4 is 39.2 Å². The van der Waals surface area contributed by atoms with Crippen LogP contribution in [0.1, 0.15) is 5.56 Å². The van der Waals surface area contributed by atoms with Gasteiger partial charge in [0.25, 0.3) is 0 Å². The minimum Gasteiger partial charge on any atom is -0.370 e. The van der Waals surface area contributed by atoms with Gasteiger partial charge in [-0.25, -0.2) is 4.99 Å². The van der Waals surface area contributed by atoms with Crippen molar-refractivity contribution in [1.29, 1.82) is 0 Å². The molecular weight excluding hydrogens is 344 g/mol. The lowest BCUT2D eigenvalue weighted by Crippen LogP contribution is -2.25. The summed E-state index contributed by atoms with van der Waals surface area (Å²) in [4.78, 5) is 15.9. The van der Waals surface area contributed by atoms with Crippen LogP contribution < -0.4 is 16.4 Å². The van der Waals surface area contributed by atoms with Crippen LogP contribution in [-0.2, 0) is 4.79 Å². The van der Waals surface area contributed by atoms with Gasteiger partial charge in [-0.3, -0.25) is 4.79 Å². The predicted molar refractivity (Wildman–Crippen MR) is 94.1 cm³/mol. The number of amides is 1. The summed E-state index contributed by atoms with van der Waals surface area (Å²) in [7, 11) is 0. The topological polar surface area (TPSA) is 79.5 Å². The lowest BCUT2D eigenvalue weighted by Gasteiger charge is -2.08. The molecule has 2 rings (SSSR count). The molecule has 0 aromatic heterocycles.